The average molecular weight is 354 g/mol. The van der Waals surface area contributed by atoms with E-state index in [4.69, 9.17) is 0 Å². The van der Waals surface area contributed by atoms with Crippen LogP contribution in [-0.2, 0) is 5.41 Å². The van der Waals surface area contributed by atoms with E-state index in [0.29, 0.717) is 0 Å². The molecule has 1 heterocycles. The van der Waals surface area contributed by atoms with Gasteiger partial charge in [-0.2, -0.15) is 0 Å². The molecule has 0 saturated heterocycles. The molecule has 126 valence electrons. The van der Waals surface area contributed by atoms with Crippen molar-refractivity contribution in [3.05, 3.63) is 82.7 Å². The van der Waals surface area contributed by atoms with E-state index in [-0.39, 0.29) is 5.41 Å². The lowest BCUT2D eigenvalue weighted by molar-refractivity contribution is 0.112. The minimum absolute atomic E-state index is 0.0323. The first-order valence-corrected chi connectivity index (χ1v) is 9.63. The number of hydrogen-bond acceptors (Lipinski definition) is 2. The second kappa shape index (κ2) is 5.39. The standard InChI is InChI=1S/C24H18OS/c1-24(2)21-13-17(23-10-8-18(14-25)26-23)7-9-19(21)20-11-15-5-3-4-6-16(15)12-22(20)24/h3-14H,1-2H3. The molecule has 1 aromatic heterocycles. The van der Waals surface area contributed by atoms with Gasteiger partial charge in [-0.3, -0.25) is 4.79 Å². The summed E-state index contributed by atoms with van der Waals surface area (Å²) in [5.41, 5.74) is 6.58. The second-order valence-electron chi connectivity index (χ2n) is 7.45. The van der Waals surface area contributed by atoms with Gasteiger partial charge in [-0.25, -0.2) is 0 Å². The molecule has 0 aliphatic heterocycles. The Balaban J connectivity index is 1.72. The lowest BCUT2D eigenvalue weighted by Crippen LogP contribution is -2.15. The fraction of sp³-hybridized carbons (Fsp3) is 0.125. The molecule has 26 heavy (non-hydrogen) atoms. The van der Waals surface area contributed by atoms with Crippen molar-refractivity contribution in [3.63, 3.8) is 0 Å². The highest BCUT2D eigenvalue weighted by Gasteiger charge is 2.35. The van der Waals surface area contributed by atoms with Crippen LogP contribution in [0.3, 0.4) is 0 Å². The van der Waals surface area contributed by atoms with Gasteiger partial charge in [0, 0.05) is 10.3 Å². The van der Waals surface area contributed by atoms with Crippen molar-refractivity contribution in [1.29, 1.82) is 0 Å². The highest BCUT2D eigenvalue weighted by molar-refractivity contribution is 7.17. The lowest BCUT2D eigenvalue weighted by atomic mass is 9.81. The van der Waals surface area contributed by atoms with E-state index in [1.807, 2.05) is 12.1 Å². The highest BCUT2D eigenvalue weighted by Crippen LogP contribution is 2.50. The number of benzene rings is 3. The highest BCUT2D eigenvalue weighted by atomic mass is 32.1. The van der Waals surface area contributed by atoms with Crippen LogP contribution in [0.5, 0.6) is 0 Å². The van der Waals surface area contributed by atoms with Crippen molar-refractivity contribution in [3.8, 4) is 21.6 Å². The Kier molecular flexibility index (Phi) is 3.22. The van der Waals surface area contributed by atoms with Crippen molar-refractivity contribution in [2.24, 2.45) is 0 Å². The van der Waals surface area contributed by atoms with E-state index < -0.39 is 0 Å². The van der Waals surface area contributed by atoms with Gasteiger partial charge in [0.25, 0.3) is 0 Å². The van der Waals surface area contributed by atoms with E-state index in [1.165, 1.54) is 38.6 Å². The van der Waals surface area contributed by atoms with E-state index in [9.17, 15) is 4.79 Å². The summed E-state index contributed by atoms with van der Waals surface area (Å²) in [6.07, 6.45) is 0.923. The van der Waals surface area contributed by atoms with Crippen molar-refractivity contribution < 1.29 is 4.79 Å². The predicted octanol–water partition coefficient (Wildman–Crippen LogP) is 6.69. The Labute approximate surface area is 156 Å². The first kappa shape index (κ1) is 15.5. The topological polar surface area (TPSA) is 17.1 Å². The fourth-order valence-corrected chi connectivity index (χ4v) is 4.97. The molecule has 0 spiro atoms. The van der Waals surface area contributed by atoms with Gasteiger partial charge in [0.05, 0.1) is 4.88 Å². The first-order chi connectivity index (χ1) is 12.6. The molecule has 4 aromatic rings. The van der Waals surface area contributed by atoms with Crippen molar-refractivity contribution >= 4 is 28.4 Å². The number of carbonyl (C=O) groups excluding carboxylic acids is 1. The van der Waals surface area contributed by atoms with Gasteiger partial charge in [0.15, 0.2) is 6.29 Å². The summed E-state index contributed by atoms with van der Waals surface area (Å²) in [6.45, 7) is 4.61. The molecule has 0 saturated carbocycles. The molecule has 0 amide bonds. The van der Waals surface area contributed by atoms with Crippen LogP contribution in [0.25, 0.3) is 32.3 Å². The molecule has 0 bridgehead atoms. The number of fused-ring (bicyclic) bond motifs is 4. The van der Waals surface area contributed by atoms with E-state index in [0.717, 1.165) is 16.0 Å². The Bertz CT molecular complexity index is 1180. The minimum Gasteiger partial charge on any atom is -0.297 e. The molecule has 5 rings (SSSR count). The molecule has 0 fully saturated rings. The van der Waals surface area contributed by atoms with Crippen LogP contribution in [0.1, 0.15) is 34.6 Å². The van der Waals surface area contributed by atoms with Crippen LogP contribution < -0.4 is 0 Å². The third-order valence-corrected chi connectivity index (χ3v) is 6.63. The van der Waals surface area contributed by atoms with Gasteiger partial charge in [-0.15, -0.1) is 11.3 Å². The Morgan fingerprint density at radius 3 is 2.27 bits per heavy atom. The van der Waals surface area contributed by atoms with E-state index >= 15 is 0 Å². The average Bonchev–Trinajstić information content (AvgIpc) is 3.22. The van der Waals surface area contributed by atoms with Crippen LogP contribution in [0, 0.1) is 0 Å². The van der Waals surface area contributed by atoms with Crippen LogP contribution in [-0.4, -0.2) is 6.29 Å². The zero-order chi connectivity index (χ0) is 17.9. The SMILES string of the molecule is CC1(C)c2cc(-c3ccc(C=O)s3)ccc2-c2cc3ccccc3cc21. The summed E-state index contributed by atoms with van der Waals surface area (Å²) in [5, 5.41) is 2.58. The van der Waals surface area contributed by atoms with Crippen molar-refractivity contribution in [2.75, 3.05) is 0 Å². The number of thiophene rings is 1. The summed E-state index contributed by atoms with van der Waals surface area (Å²) in [6, 6.07) is 23.9. The maximum Gasteiger partial charge on any atom is 0.160 e. The van der Waals surface area contributed by atoms with Crippen molar-refractivity contribution in [2.45, 2.75) is 19.3 Å². The minimum atomic E-state index is -0.0323. The second-order valence-corrected chi connectivity index (χ2v) is 8.57. The summed E-state index contributed by atoms with van der Waals surface area (Å²) in [5.74, 6) is 0. The molecular formula is C24H18OS. The normalized spacial score (nSPS) is 14.2. The molecule has 0 atom stereocenters. The fourth-order valence-electron chi connectivity index (χ4n) is 4.15. The molecule has 1 aliphatic rings. The molecule has 0 unspecified atom stereocenters. The molecule has 3 aromatic carbocycles. The third kappa shape index (κ3) is 2.12. The third-order valence-electron chi connectivity index (χ3n) is 5.57. The Hall–Kier alpha value is -2.71. The number of aldehydes is 1. The van der Waals surface area contributed by atoms with Gasteiger partial charge in [0.2, 0.25) is 0 Å². The summed E-state index contributed by atoms with van der Waals surface area (Å²) in [4.78, 5) is 12.9. The molecule has 2 heteroatoms. The Morgan fingerprint density at radius 2 is 1.54 bits per heavy atom. The smallest absolute Gasteiger partial charge is 0.160 e. The monoisotopic (exact) mass is 354 g/mol. The molecule has 0 N–H and O–H groups in total. The maximum absolute atomic E-state index is 11.0. The summed E-state index contributed by atoms with van der Waals surface area (Å²) >= 11 is 1.55. The molecule has 1 aliphatic carbocycles. The zero-order valence-corrected chi connectivity index (χ0v) is 15.6. The number of hydrogen-bond donors (Lipinski definition) is 0. The van der Waals surface area contributed by atoms with Gasteiger partial charge >= 0.3 is 0 Å². The quantitative estimate of drug-likeness (QED) is 0.367. The zero-order valence-electron chi connectivity index (χ0n) is 14.7. The molecule has 1 nitrogen and oxygen atoms in total. The van der Waals surface area contributed by atoms with Crippen LogP contribution in [0.2, 0.25) is 0 Å². The van der Waals surface area contributed by atoms with E-state index in [2.05, 4.69) is 68.4 Å². The van der Waals surface area contributed by atoms with Crippen LogP contribution >= 0.6 is 11.3 Å². The largest absolute Gasteiger partial charge is 0.297 e. The molecule has 0 radical (unpaired) electrons. The number of carbonyl (C=O) groups is 1. The summed E-state index contributed by atoms with van der Waals surface area (Å²) in [7, 11) is 0. The van der Waals surface area contributed by atoms with Gasteiger partial charge in [0.1, 0.15) is 0 Å². The lowest BCUT2D eigenvalue weighted by Gasteiger charge is -2.22. The Morgan fingerprint density at radius 1 is 0.808 bits per heavy atom. The van der Waals surface area contributed by atoms with Crippen LogP contribution in [0.15, 0.2) is 66.7 Å². The summed E-state index contributed by atoms with van der Waals surface area (Å²) < 4.78 is 0. The van der Waals surface area contributed by atoms with Crippen LogP contribution in [0.4, 0.5) is 0 Å². The van der Waals surface area contributed by atoms with Gasteiger partial charge in [-0.05, 0) is 68.9 Å². The number of rotatable bonds is 2. The molecular weight excluding hydrogens is 336 g/mol. The van der Waals surface area contributed by atoms with Gasteiger partial charge in [-0.1, -0.05) is 50.2 Å². The maximum atomic E-state index is 11.0. The predicted molar refractivity (Wildman–Crippen MR) is 110 cm³/mol. The van der Waals surface area contributed by atoms with Crippen molar-refractivity contribution in [1.82, 2.24) is 0 Å². The van der Waals surface area contributed by atoms with Gasteiger partial charge < -0.3 is 0 Å². The first-order valence-electron chi connectivity index (χ1n) is 8.81. The van der Waals surface area contributed by atoms with E-state index in [1.54, 1.807) is 11.3 Å².